The van der Waals surface area contributed by atoms with E-state index in [2.05, 4.69) is 33.7 Å². The predicted molar refractivity (Wildman–Crippen MR) is 106 cm³/mol. The van der Waals surface area contributed by atoms with Crippen LogP contribution in [0.1, 0.15) is 42.2 Å². The number of rotatable bonds is 8. The van der Waals surface area contributed by atoms with Crippen molar-refractivity contribution in [2.45, 2.75) is 39.7 Å². The zero-order chi connectivity index (χ0) is 18.5. The maximum absolute atomic E-state index is 11.8. The van der Waals surface area contributed by atoms with Crippen molar-refractivity contribution in [3.8, 4) is 11.3 Å². The monoisotopic (exact) mass is 355 g/mol. The molecule has 2 N–H and O–H groups in total. The molecule has 2 heterocycles. The quantitative estimate of drug-likeness (QED) is 0.736. The van der Waals surface area contributed by atoms with E-state index in [0.29, 0.717) is 12.2 Å². The summed E-state index contributed by atoms with van der Waals surface area (Å²) in [6.07, 6.45) is 3.44. The molecule has 0 atom stereocenters. The Labute approximate surface area is 155 Å². The number of primary amides is 1. The van der Waals surface area contributed by atoms with E-state index in [9.17, 15) is 4.79 Å². The van der Waals surface area contributed by atoms with Crippen LogP contribution < -0.4 is 10.6 Å². The second kappa shape index (κ2) is 8.41. The van der Waals surface area contributed by atoms with Crippen molar-refractivity contribution in [2.75, 3.05) is 31.2 Å². The average Bonchev–Trinajstić information content (AvgIpc) is 3.28. The van der Waals surface area contributed by atoms with Crippen LogP contribution in [0.25, 0.3) is 11.3 Å². The lowest BCUT2D eigenvalue weighted by atomic mass is 10.1. The first-order valence-corrected chi connectivity index (χ1v) is 9.55. The molecule has 140 valence electrons. The Balaban J connectivity index is 1.87. The van der Waals surface area contributed by atoms with E-state index in [-0.39, 0.29) is 5.91 Å². The standard InChI is InChI=1S/C21H29N3O2/c1-3-26-14-6-13-24-16(2)19(21(22)25)15-20(24)17-7-9-18(10-8-17)23-11-4-5-12-23/h7-10,15H,3-6,11-14H2,1-2H3,(H2,22,25). The molecule has 5 heteroatoms. The largest absolute Gasteiger partial charge is 0.382 e. The number of benzene rings is 1. The molecule has 26 heavy (non-hydrogen) atoms. The highest BCUT2D eigenvalue weighted by atomic mass is 16.5. The van der Waals surface area contributed by atoms with Gasteiger partial charge in [-0.25, -0.2) is 0 Å². The second-order valence-electron chi connectivity index (χ2n) is 6.84. The maximum Gasteiger partial charge on any atom is 0.250 e. The van der Waals surface area contributed by atoms with Crippen LogP contribution in [0, 0.1) is 6.92 Å². The number of ether oxygens (including phenoxy) is 1. The molecule has 5 nitrogen and oxygen atoms in total. The molecule has 0 saturated carbocycles. The molecule has 1 aromatic heterocycles. The molecular formula is C21H29N3O2. The summed E-state index contributed by atoms with van der Waals surface area (Å²) in [5.41, 5.74) is 10.5. The first-order chi connectivity index (χ1) is 12.6. The average molecular weight is 355 g/mol. The molecule has 3 rings (SSSR count). The van der Waals surface area contributed by atoms with Crippen LogP contribution in [-0.2, 0) is 11.3 Å². The number of aromatic nitrogens is 1. The summed E-state index contributed by atoms with van der Waals surface area (Å²) in [7, 11) is 0. The van der Waals surface area contributed by atoms with E-state index >= 15 is 0 Å². The van der Waals surface area contributed by atoms with Gasteiger partial charge in [0.15, 0.2) is 0 Å². The number of hydrogen-bond acceptors (Lipinski definition) is 3. The van der Waals surface area contributed by atoms with E-state index in [0.717, 1.165) is 49.6 Å². The molecule has 0 unspecified atom stereocenters. The van der Waals surface area contributed by atoms with E-state index in [1.807, 2.05) is 19.9 Å². The molecule has 0 aliphatic carbocycles. The van der Waals surface area contributed by atoms with Gasteiger partial charge in [-0.05, 0) is 56.9 Å². The van der Waals surface area contributed by atoms with Crippen molar-refractivity contribution >= 4 is 11.6 Å². The zero-order valence-electron chi connectivity index (χ0n) is 15.8. The highest BCUT2D eigenvalue weighted by molar-refractivity contribution is 5.95. The molecule has 1 amide bonds. The first kappa shape index (κ1) is 18.5. The summed E-state index contributed by atoms with van der Waals surface area (Å²) in [5, 5.41) is 0. The van der Waals surface area contributed by atoms with E-state index in [4.69, 9.17) is 10.5 Å². The highest BCUT2D eigenvalue weighted by Crippen LogP contribution is 2.29. The van der Waals surface area contributed by atoms with Crippen LogP contribution in [0.3, 0.4) is 0 Å². The minimum atomic E-state index is -0.374. The fourth-order valence-corrected chi connectivity index (χ4v) is 3.71. The highest BCUT2D eigenvalue weighted by Gasteiger charge is 2.17. The summed E-state index contributed by atoms with van der Waals surface area (Å²) in [6.45, 7) is 8.48. The van der Waals surface area contributed by atoms with Gasteiger partial charge < -0.3 is 19.9 Å². The molecule has 1 aliphatic rings. The molecule has 0 radical (unpaired) electrons. The molecular weight excluding hydrogens is 326 g/mol. The van der Waals surface area contributed by atoms with E-state index in [1.165, 1.54) is 18.5 Å². The van der Waals surface area contributed by atoms with Crippen molar-refractivity contribution in [3.63, 3.8) is 0 Å². The maximum atomic E-state index is 11.8. The van der Waals surface area contributed by atoms with Crippen LogP contribution in [-0.4, -0.2) is 36.8 Å². The molecule has 0 spiro atoms. The van der Waals surface area contributed by atoms with E-state index < -0.39 is 0 Å². The van der Waals surface area contributed by atoms with Gasteiger partial charge >= 0.3 is 0 Å². The molecule has 1 aliphatic heterocycles. The zero-order valence-corrected chi connectivity index (χ0v) is 15.8. The van der Waals surface area contributed by atoms with Gasteiger partial charge in [0.25, 0.3) is 5.91 Å². The summed E-state index contributed by atoms with van der Waals surface area (Å²) in [5.74, 6) is -0.374. The van der Waals surface area contributed by atoms with Gasteiger partial charge in [0, 0.05) is 49.9 Å². The van der Waals surface area contributed by atoms with Gasteiger partial charge in [0.05, 0.1) is 5.56 Å². The summed E-state index contributed by atoms with van der Waals surface area (Å²) in [4.78, 5) is 14.2. The lowest BCUT2D eigenvalue weighted by Gasteiger charge is -2.18. The minimum absolute atomic E-state index is 0.374. The molecule has 1 saturated heterocycles. The van der Waals surface area contributed by atoms with Crippen LogP contribution in [0.4, 0.5) is 5.69 Å². The van der Waals surface area contributed by atoms with Crippen molar-refractivity contribution in [2.24, 2.45) is 5.73 Å². The van der Waals surface area contributed by atoms with Crippen molar-refractivity contribution in [1.29, 1.82) is 0 Å². The Morgan fingerprint density at radius 1 is 1.19 bits per heavy atom. The normalized spacial score (nSPS) is 14.2. The smallest absolute Gasteiger partial charge is 0.250 e. The summed E-state index contributed by atoms with van der Waals surface area (Å²) in [6, 6.07) is 10.6. The topological polar surface area (TPSA) is 60.5 Å². The molecule has 1 aromatic carbocycles. The van der Waals surface area contributed by atoms with Gasteiger partial charge in [-0.3, -0.25) is 4.79 Å². The van der Waals surface area contributed by atoms with Gasteiger partial charge in [-0.15, -0.1) is 0 Å². The number of nitrogens with zero attached hydrogens (tertiary/aromatic N) is 2. The Morgan fingerprint density at radius 2 is 1.88 bits per heavy atom. The lowest BCUT2D eigenvalue weighted by molar-refractivity contribution is 0.0999. The van der Waals surface area contributed by atoms with Crippen LogP contribution in [0.2, 0.25) is 0 Å². The van der Waals surface area contributed by atoms with Gasteiger partial charge in [0.2, 0.25) is 0 Å². The predicted octanol–water partition coefficient (Wildman–Crippen LogP) is 3.59. The number of hydrogen-bond donors (Lipinski definition) is 1. The van der Waals surface area contributed by atoms with Gasteiger partial charge in [-0.1, -0.05) is 12.1 Å². The molecule has 0 bridgehead atoms. The lowest BCUT2D eigenvalue weighted by Crippen LogP contribution is -2.17. The second-order valence-corrected chi connectivity index (χ2v) is 6.84. The van der Waals surface area contributed by atoms with Crippen molar-refractivity contribution in [1.82, 2.24) is 4.57 Å². The summed E-state index contributed by atoms with van der Waals surface area (Å²) >= 11 is 0. The van der Waals surface area contributed by atoms with E-state index in [1.54, 1.807) is 0 Å². The molecule has 2 aromatic rings. The van der Waals surface area contributed by atoms with Crippen molar-refractivity contribution < 1.29 is 9.53 Å². The van der Waals surface area contributed by atoms with Crippen molar-refractivity contribution in [3.05, 3.63) is 41.6 Å². The Hall–Kier alpha value is -2.27. The number of carbonyl (C=O) groups is 1. The van der Waals surface area contributed by atoms with Crippen LogP contribution in [0.15, 0.2) is 30.3 Å². The first-order valence-electron chi connectivity index (χ1n) is 9.55. The number of anilines is 1. The fraction of sp³-hybridized carbons (Fsp3) is 0.476. The number of amides is 1. The Morgan fingerprint density at radius 3 is 2.50 bits per heavy atom. The number of carbonyl (C=O) groups excluding carboxylic acids is 1. The third-order valence-corrected chi connectivity index (χ3v) is 5.14. The SMILES string of the molecule is CCOCCCn1c(-c2ccc(N3CCCC3)cc2)cc(C(N)=O)c1C. The number of nitrogens with two attached hydrogens (primary N) is 1. The summed E-state index contributed by atoms with van der Waals surface area (Å²) < 4.78 is 7.64. The molecule has 1 fully saturated rings. The third-order valence-electron chi connectivity index (χ3n) is 5.14. The van der Waals surface area contributed by atoms with Crippen LogP contribution in [0.5, 0.6) is 0 Å². The Bertz CT molecular complexity index is 743. The minimum Gasteiger partial charge on any atom is -0.382 e. The fourth-order valence-electron chi connectivity index (χ4n) is 3.71. The van der Waals surface area contributed by atoms with Gasteiger partial charge in [0.1, 0.15) is 0 Å². The third kappa shape index (κ3) is 3.93. The Kier molecular flexibility index (Phi) is 5.99. The van der Waals surface area contributed by atoms with Crippen LogP contribution >= 0.6 is 0 Å². The van der Waals surface area contributed by atoms with Gasteiger partial charge in [-0.2, -0.15) is 0 Å².